The van der Waals surface area contributed by atoms with E-state index in [-0.39, 0.29) is 6.10 Å². The maximum Gasteiger partial charge on any atom is 0.163 e. The number of ether oxygens (including phenoxy) is 3. The fraction of sp³-hybridized carbons (Fsp3) is 0.571. The Bertz CT molecular complexity index is 435. The average molecular weight is 266 g/mol. The van der Waals surface area contributed by atoms with Gasteiger partial charge in [-0.3, -0.25) is 0 Å². The van der Waals surface area contributed by atoms with Crippen LogP contribution in [0.4, 0.5) is 11.4 Å². The zero-order chi connectivity index (χ0) is 13.8. The third-order valence-electron chi connectivity index (χ3n) is 2.98. The first-order valence-electron chi connectivity index (χ1n) is 6.60. The monoisotopic (exact) mass is 266 g/mol. The van der Waals surface area contributed by atoms with Gasteiger partial charge in [0.1, 0.15) is 13.2 Å². The Hall–Kier alpha value is -1.62. The lowest BCUT2D eigenvalue weighted by Crippen LogP contribution is -2.25. The van der Waals surface area contributed by atoms with Gasteiger partial charge >= 0.3 is 0 Å². The second-order valence-corrected chi connectivity index (χ2v) is 4.90. The van der Waals surface area contributed by atoms with E-state index < -0.39 is 0 Å². The maximum absolute atomic E-state index is 6.06. The Kier molecular flexibility index (Phi) is 4.37. The van der Waals surface area contributed by atoms with E-state index in [0.29, 0.717) is 25.5 Å². The summed E-state index contributed by atoms with van der Waals surface area (Å²) in [6.45, 7) is 6.65. The molecule has 0 aliphatic carbocycles. The second kappa shape index (κ2) is 6.02. The van der Waals surface area contributed by atoms with Crippen LogP contribution in [0.3, 0.4) is 0 Å². The van der Waals surface area contributed by atoms with E-state index in [9.17, 15) is 0 Å². The lowest BCUT2D eigenvalue weighted by Gasteiger charge is -2.25. The molecule has 1 aromatic carbocycles. The Balaban J connectivity index is 2.06. The largest absolute Gasteiger partial charge is 0.486 e. The molecule has 0 fully saturated rings. The summed E-state index contributed by atoms with van der Waals surface area (Å²) in [6.07, 6.45) is 0.242. The minimum absolute atomic E-state index is 0.242. The highest BCUT2D eigenvalue weighted by Gasteiger charge is 2.16. The minimum atomic E-state index is 0.242. The molecular formula is C14H22N2O3. The van der Waals surface area contributed by atoms with Gasteiger partial charge in [-0.15, -0.1) is 0 Å². The summed E-state index contributed by atoms with van der Waals surface area (Å²) < 4.78 is 16.6. The number of nitrogens with zero attached hydrogens (tertiary/aromatic N) is 1. The summed E-state index contributed by atoms with van der Waals surface area (Å²) in [5, 5.41) is 0. The Morgan fingerprint density at radius 2 is 1.89 bits per heavy atom. The highest BCUT2D eigenvalue weighted by Crippen LogP contribution is 2.38. The van der Waals surface area contributed by atoms with E-state index in [2.05, 4.69) is 4.90 Å². The van der Waals surface area contributed by atoms with Crippen LogP contribution in [0.15, 0.2) is 12.1 Å². The van der Waals surface area contributed by atoms with Gasteiger partial charge in [-0.05, 0) is 13.8 Å². The smallest absolute Gasteiger partial charge is 0.163 e. The van der Waals surface area contributed by atoms with Gasteiger partial charge in [-0.25, -0.2) is 0 Å². The molecular weight excluding hydrogens is 244 g/mol. The van der Waals surface area contributed by atoms with Gasteiger partial charge in [0.2, 0.25) is 0 Å². The molecule has 19 heavy (non-hydrogen) atoms. The second-order valence-electron chi connectivity index (χ2n) is 4.90. The van der Waals surface area contributed by atoms with Crippen LogP contribution < -0.4 is 20.1 Å². The molecule has 0 saturated carbocycles. The third-order valence-corrected chi connectivity index (χ3v) is 2.98. The molecule has 0 radical (unpaired) electrons. The Labute approximate surface area is 114 Å². The molecule has 0 aromatic heterocycles. The zero-order valence-electron chi connectivity index (χ0n) is 11.8. The van der Waals surface area contributed by atoms with Crippen molar-refractivity contribution in [1.29, 1.82) is 0 Å². The fourth-order valence-corrected chi connectivity index (χ4v) is 1.97. The number of fused-ring (bicyclic) bond motifs is 1. The summed E-state index contributed by atoms with van der Waals surface area (Å²) in [6, 6.07) is 3.75. The Morgan fingerprint density at radius 3 is 2.53 bits per heavy atom. The SMILES string of the molecule is CC(C)OCCN(C)c1cc2c(cc1N)OCCO2. The number of likely N-dealkylation sites (N-methyl/N-ethyl adjacent to an activating group) is 1. The fourth-order valence-electron chi connectivity index (χ4n) is 1.97. The summed E-state index contributed by atoms with van der Waals surface area (Å²) in [4.78, 5) is 2.07. The molecule has 0 amide bonds. The Morgan fingerprint density at radius 1 is 1.26 bits per heavy atom. The van der Waals surface area contributed by atoms with Crippen molar-refractivity contribution in [3.8, 4) is 11.5 Å². The van der Waals surface area contributed by atoms with Gasteiger partial charge in [0.15, 0.2) is 11.5 Å². The van der Waals surface area contributed by atoms with Crippen LogP contribution in [-0.2, 0) is 4.74 Å². The molecule has 2 rings (SSSR count). The molecule has 5 heteroatoms. The van der Waals surface area contributed by atoms with Crippen LogP contribution in [0.5, 0.6) is 11.5 Å². The van der Waals surface area contributed by atoms with E-state index in [1.807, 2.05) is 33.0 Å². The lowest BCUT2D eigenvalue weighted by molar-refractivity contribution is 0.0846. The molecule has 0 bridgehead atoms. The normalized spacial score (nSPS) is 13.7. The molecule has 1 aliphatic heterocycles. The zero-order valence-corrected chi connectivity index (χ0v) is 11.8. The van der Waals surface area contributed by atoms with Crippen molar-refractivity contribution < 1.29 is 14.2 Å². The van der Waals surface area contributed by atoms with Gasteiger partial charge in [-0.1, -0.05) is 0 Å². The molecule has 2 N–H and O–H groups in total. The van der Waals surface area contributed by atoms with Crippen LogP contribution in [0, 0.1) is 0 Å². The van der Waals surface area contributed by atoms with Gasteiger partial charge < -0.3 is 24.8 Å². The van der Waals surface area contributed by atoms with E-state index >= 15 is 0 Å². The van der Waals surface area contributed by atoms with Gasteiger partial charge in [-0.2, -0.15) is 0 Å². The standard InChI is InChI=1S/C14H22N2O3/c1-10(2)17-5-4-16(3)12-9-14-13(8-11(12)15)18-6-7-19-14/h8-10H,4-7,15H2,1-3H3. The maximum atomic E-state index is 6.06. The number of hydrogen-bond acceptors (Lipinski definition) is 5. The van der Waals surface area contributed by atoms with Crippen molar-refractivity contribution >= 4 is 11.4 Å². The van der Waals surface area contributed by atoms with Gasteiger partial charge in [0, 0.05) is 25.7 Å². The van der Waals surface area contributed by atoms with E-state index in [1.54, 1.807) is 0 Å². The van der Waals surface area contributed by atoms with Crippen LogP contribution >= 0.6 is 0 Å². The number of nitrogens with two attached hydrogens (primary N) is 1. The molecule has 1 aromatic rings. The number of hydrogen-bond donors (Lipinski definition) is 1. The number of benzene rings is 1. The number of nitrogen functional groups attached to an aromatic ring is 1. The highest BCUT2D eigenvalue weighted by atomic mass is 16.6. The van der Waals surface area contributed by atoms with Gasteiger partial charge in [0.25, 0.3) is 0 Å². The van der Waals surface area contributed by atoms with Crippen molar-refractivity contribution in [2.24, 2.45) is 0 Å². The van der Waals surface area contributed by atoms with E-state index in [4.69, 9.17) is 19.9 Å². The van der Waals surface area contributed by atoms with E-state index in [1.165, 1.54) is 0 Å². The van der Waals surface area contributed by atoms with Crippen LogP contribution in [0.2, 0.25) is 0 Å². The number of rotatable bonds is 5. The summed E-state index contributed by atoms with van der Waals surface area (Å²) >= 11 is 0. The summed E-state index contributed by atoms with van der Waals surface area (Å²) in [5.41, 5.74) is 7.69. The highest BCUT2D eigenvalue weighted by molar-refractivity contribution is 5.73. The molecule has 5 nitrogen and oxygen atoms in total. The molecule has 0 spiro atoms. The molecule has 1 aliphatic rings. The first kappa shape index (κ1) is 13.8. The van der Waals surface area contributed by atoms with Crippen LogP contribution in [-0.4, -0.2) is 39.5 Å². The van der Waals surface area contributed by atoms with Crippen molar-refractivity contribution in [3.63, 3.8) is 0 Å². The average Bonchev–Trinajstić information content (AvgIpc) is 2.37. The van der Waals surface area contributed by atoms with Gasteiger partial charge in [0.05, 0.1) is 24.1 Å². The lowest BCUT2D eigenvalue weighted by atomic mass is 10.2. The summed E-state index contributed by atoms with van der Waals surface area (Å²) in [5.74, 6) is 1.48. The molecule has 106 valence electrons. The number of anilines is 2. The third kappa shape index (κ3) is 3.44. The minimum Gasteiger partial charge on any atom is -0.486 e. The van der Waals surface area contributed by atoms with Crippen molar-refractivity contribution in [3.05, 3.63) is 12.1 Å². The predicted molar refractivity (Wildman–Crippen MR) is 76.2 cm³/mol. The topological polar surface area (TPSA) is 57.0 Å². The summed E-state index contributed by atoms with van der Waals surface area (Å²) in [7, 11) is 1.99. The molecule has 1 heterocycles. The van der Waals surface area contributed by atoms with Crippen molar-refractivity contribution in [1.82, 2.24) is 0 Å². The first-order chi connectivity index (χ1) is 9.08. The predicted octanol–water partition coefficient (Wildman–Crippen LogP) is 1.90. The van der Waals surface area contributed by atoms with Crippen molar-refractivity contribution in [2.45, 2.75) is 20.0 Å². The molecule has 0 saturated heterocycles. The van der Waals surface area contributed by atoms with Crippen LogP contribution in [0.1, 0.15) is 13.8 Å². The quantitative estimate of drug-likeness (QED) is 0.825. The van der Waals surface area contributed by atoms with Crippen molar-refractivity contribution in [2.75, 3.05) is 44.0 Å². The molecule has 0 atom stereocenters. The van der Waals surface area contributed by atoms with Crippen LogP contribution in [0.25, 0.3) is 0 Å². The molecule has 0 unspecified atom stereocenters. The van der Waals surface area contributed by atoms with E-state index in [0.717, 1.165) is 23.7 Å². The first-order valence-corrected chi connectivity index (χ1v) is 6.60.